The van der Waals surface area contributed by atoms with E-state index in [1.165, 1.54) is 0 Å². The molecule has 0 aromatic heterocycles. The number of hydrogen-bond acceptors (Lipinski definition) is 3. The maximum absolute atomic E-state index is 5.37. The fourth-order valence-electron chi connectivity index (χ4n) is 1.58. The highest BCUT2D eigenvalue weighted by atomic mass is 16.5. The Morgan fingerprint density at radius 1 is 1.00 bits per heavy atom. The van der Waals surface area contributed by atoms with Crippen molar-refractivity contribution in [2.75, 3.05) is 40.4 Å². The Morgan fingerprint density at radius 2 is 1.53 bits per heavy atom. The third-order valence-electron chi connectivity index (χ3n) is 3.38. The summed E-state index contributed by atoms with van der Waals surface area (Å²) in [6.45, 7) is 12.6. The van der Waals surface area contributed by atoms with Gasteiger partial charge >= 0.3 is 0 Å². The normalized spacial score (nSPS) is 16.0. The molecular formula is C12H28N2O. The van der Waals surface area contributed by atoms with Crippen molar-refractivity contribution in [1.82, 2.24) is 9.80 Å². The van der Waals surface area contributed by atoms with Gasteiger partial charge in [-0.3, -0.25) is 4.90 Å². The predicted octanol–water partition coefficient (Wildman–Crippen LogP) is 1.68. The largest absolute Gasteiger partial charge is 0.380 e. The fraction of sp³-hybridized carbons (Fsp3) is 1.00. The molecule has 3 nitrogen and oxygen atoms in total. The molecule has 2 unspecified atom stereocenters. The van der Waals surface area contributed by atoms with Crippen LogP contribution in [0.2, 0.25) is 0 Å². The highest BCUT2D eigenvalue weighted by Gasteiger charge is 2.19. The number of rotatable bonds is 8. The molecule has 0 aromatic carbocycles. The van der Waals surface area contributed by atoms with Gasteiger partial charge in [0.05, 0.1) is 6.61 Å². The molecule has 0 rings (SSSR count). The summed E-state index contributed by atoms with van der Waals surface area (Å²) < 4.78 is 5.37. The first kappa shape index (κ1) is 14.9. The zero-order valence-corrected chi connectivity index (χ0v) is 11.3. The van der Waals surface area contributed by atoms with E-state index < -0.39 is 0 Å². The molecule has 0 aliphatic rings. The monoisotopic (exact) mass is 216 g/mol. The Bertz CT molecular complexity index is 153. The van der Waals surface area contributed by atoms with E-state index in [0.717, 1.165) is 26.3 Å². The standard InChI is InChI=1S/C12H28N2O/c1-7-13(5)11(3)12(4)14(6)9-10-15-8-2/h11-12H,7-10H2,1-6H3. The van der Waals surface area contributed by atoms with Gasteiger partial charge in [-0.05, 0) is 41.4 Å². The molecule has 0 saturated heterocycles. The Morgan fingerprint density at radius 3 is 2.00 bits per heavy atom. The number of ether oxygens (including phenoxy) is 1. The van der Waals surface area contributed by atoms with Crippen molar-refractivity contribution in [3.63, 3.8) is 0 Å². The highest BCUT2D eigenvalue weighted by Crippen LogP contribution is 2.07. The second-order valence-electron chi connectivity index (χ2n) is 4.23. The summed E-state index contributed by atoms with van der Waals surface area (Å²) in [6, 6.07) is 1.15. The van der Waals surface area contributed by atoms with E-state index in [2.05, 4.69) is 44.7 Å². The quantitative estimate of drug-likeness (QED) is 0.574. The molecular weight excluding hydrogens is 188 g/mol. The second kappa shape index (κ2) is 8.08. The molecule has 0 saturated carbocycles. The molecule has 15 heavy (non-hydrogen) atoms. The van der Waals surface area contributed by atoms with E-state index in [9.17, 15) is 0 Å². The van der Waals surface area contributed by atoms with Gasteiger partial charge in [-0.2, -0.15) is 0 Å². The Kier molecular flexibility index (Phi) is 8.02. The molecule has 0 fully saturated rings. The highest BCUT2D eigenvalue weighted by molar-refractivity contribution is 4.76. The van der Waals surface area contributed by atoms with E-state index in [0.29, 0.717) is 12.1 Å². The van der Waals surface area contributed by atoms with Crippen LogP contribution in [0.15, 0.2) is 0 Å². The molecule has 92 valence electrons. The van der Waals surface area contributed by atoms with Gasteiger partial charge in [0.2, 0.25) is 0 Å². The summed E-state index contributed by atoms with van der Waals surface area (Å²) in [4.78, 5) is 4.74. The first-order chi connectivity index (χ1) is 7.04. The minimum absolute atomic E-state index is 0.565. The van der Waals surface area contributed by atoms with Crippen LogP contribution in [0.1, 0.15) is 27.7 Å². The summed E-state index contributed by atoms with van der Waals surface area (Å²) >= 11 is 0. The first-order valence-electron chi connectivity index (χ1n) is 6.02. The van der Waals surface area contributed by atoms with Gasteiger partial charge in [-0.1, -0.05) is 6.92 Å². The number of likely N-dealkylation sites (N-methyl/N-ethyl adjacent to an activating group) is 2. The van der Waals surface area contributed by atoms with Gasteiger partial charge in [0.25, 0.3) is 0 Å². The van der Waals surface area contributed by atoms with Crippen LogP contribution in [0.5, 0.6) is 0 Å². The topological polar surface area (TPSA) is 15.7 Å². The van der Waals surface area contributed by atoms with Gasteiger partial charge in [0.15, 0.2) is 0 Å². The average molecular weight is 216 g/mol. The molecule has 0 N–H and O–H groups in total. The van der Waals surface area contributed by atoms with Gasteiger partial charge in [-0.25, -0.2) is 0 Å². The van der Waals surface area contributed by atoms with E-state index in [4.69, 9.17) is 4.74 Å². The van der Waals surface area contributed by atoms with E-state index in [-0.39, 0.29) is 0 Å². The van der Waals surface area contributed by atoms with Crippen LogP contribution in [0, 0.1) is 0 Å². The molecule has 0 amide bonds. The molecule has 2 atom stereocenters. The molecule has 0 radical (unpaired) electrons. The molecule has 0 aliphatic carbocycles. The minimum atomic E-state index is 0.565. The van der Waals surface area contributed by atoms with E-state index in [1.807, 2.05) is 6.92 Å². The first-order valence-corrected chi connectivity index (χ1v) is 6.02. The van der Waals surface area contributed by atoms with Crippen molar-refractivity contribution in [2.45, 2.75) is 39.8 Å². The summed E-state index contributed by atoms with van der Waals surface area (Å²) in [5.74, 6) is 0. The third-order valence-corrected chi connectivity index (χ3v) is 3.38. The zero-order chi connectivity index (χ0) is 11.8. The molecule has 0 bridgehead atoms. The maximum Gasteiger partial charge on any atom is 0.0593 e. The summed E-state index contributed by atoms with van der Waals surface area (Å²) in [7, 11) is 4.35. The van der Waals surface area contributed by atoms with E-state index >= 15 is 0 Å². The van der Waals surface area contributed by atoms with Crippen molar-refractivity contribution < 1.29 is 4.74 Å². The third kappa shape index (κ3) is 5.50. The predicted molar refractivity (Wildman–Crippen MR) is 66.4 cm³/mol. The van der Waals surface area contributed by atoms with Crippen LogP contribution in [0.25, 0.3) is 0 Å². The molecule has 0 aromatic rings. The fourth-order valence-corrected chi connectivity index (χ4v) is 1.58. The Labute approximate surface area is 95.4 Å². The Hall–Kier alpha value is -0.120. The van der Waals surface area contributed by atoms with Crippen LogP contribution < -0.4 is 0 Å². The lowest BCUT2D eigenvalue weighted by Gasteiger charge is -2.34. The van der Waals surface area contributed by atoms with Crippen LogP contribution in [-0.2, 0) is 4.74 Å². The summed E-state index contributed by atoms with van der Waals surface area (Å²) in [6.07, 6.45) is 0. The van der Waals surface area contributed by atoms with Gasteiger partial charge in [-0.15, -0.1) is 0 Å². The van der Waals surface area contributed by atoms with Gasteiger partial charge in [0, 0.05) is 25.2 Å². The van der Waals surface area contributed by atoms with Crippen LogP contribution in [-0.4, -0.2) is 62.3 Å². The van der Waals surface area contributed by atoms with Crippen molar-refractivity contribution in [1.29, 1.82) is 0 Å². The molecule has 0 spiro atoms. The molecule has 0 heterocycles. The summed E-state index contributed by atoms with van der Waals surface area (Å²) in [5.41, 5.74) is 0. The SMILES string of the molecule is CCOCCN(C)C(C)C(C)N(C)CC. The lowest BCUT2D eigenvalue weighted by molar-refractivity contribution is 0.0848. The van der Waals surface area contributed by atoms with Crippen molar-refractivity contribution in [2.24, 2.45) is 0 Å². The van der Waals surface area contributed by atoms with Crippen molar-refractivity contribution in [3.8, 4) is 0 Å². The second-order valence-corrected chi connectivity index (χ2v) is 4.23. The van der Waals surface area contributed by atoms with Crippen LogP contribution in [0.3, 0.4) is 0 Å². The minimum Gasteiger partial charge on any atom is -0.380 e. The van der Waals surface area contributed by atoms with Gasteiger partial charge < -0.3 is 9.64 Å². The van der Waals surface area contributed by atoms with Crippen molar-refractivity contribution in [3.05, 3.63) is 0 Å². The number of hydrogen-bond donors (Lipinski definition) is 0. The number of nitrogens with zero attached hydrogens (tertiary/aromatic N) is 2. The van der Waals surface area contributed by atoms with Gasteiger partial charge in [0.1, 0.15) is 0 Å². The smallest absolute Gasteiger partial charge is 0.0593 e. The maximum atomic E-state index is 5.37. The lowest BCUT2D eigenvalue weighted by atomic mass is 10.1. The zero-order valence-electron chi connectivity index (χ0n) is 11.3. The summed E-state index contributed by atoms with van der Waals surface area (Å²) in [5, 5.41) is 0. The lowest BCUT2D eigenvalue weighted by Crippen LogP contribution is -2.46. The average Bonchev–Trinajstić information content (AvgIpc) is 2.26. The molecule has 3 heteroatoms. The van der Waals surface area contributed by atoms with E-state index in [1.54, 1.807) is 0 Å². The molecule has 0 aliphatic heterocycles. The van der Waals surface area contributed by atoms with Crippen LogP contribution >= 0.6 is 0 Å². The Balaban J connectivity index is 3.90. The van der Waals surface area contributed by atoms with Crippen LogP contribution in [0.4, 0.5) is 0 Å². The van der Waals surface area contributed by atoms with Crippen molar-refractivity contribution >= 4 is 0 Å².